The van der Waals surface area contributed by atoms with Crippen LogP contribution in [-0.4, -0.2) is 25.2 Å². The van der Waals surface area contributed by atoms with E-state index in [1.807, 2.05) is 0 Å². The summed E-state index contributed by atoms with van der Waals surface area (Å²) < 4.78 is 10.7. The fraction of sp³-hybridized carbons (Fsp3) is 0.700. The van der Waals surface area contributed by atoms with E-state index < -0.39 is 0 Å². The first-order chi connectivity index (χ1) is 11.4. The van der Waals surface area contributed by atoms with Crippen molar-refractivity contribution in [1.82, 2.24) is 0 Å². The van der Waals surface area contributed by atoms with Crippen molar-refractivity contribution < 1.29 is 19.1 Å². The zero-order valence-electron chi connectivity index (χ0n) is 15.0. The van der Waals surface area contributed by atoms with E-state index in [4.69, 9.17) is 9.47 Å². The Morgan fingerprint density at radius 1 is 0.792 bits per heavy atom. The molecule has 24 heavy (non-hydrogen) atoms. The van der Waals surface area contributed by atoms with Crippen LogP contribution in [0.15, 0.2) is 24.3 Å². The van der Waals surface area contributed by atoms with Crippen LogP contribution in [0.5, 0.6) is 0 Å². The topological polar surface area (TPSA) is 52.6 Å². The van der Waals surface area contributed by atoms with Crippen molar-refractivity contribution in [3.05, 3.63) is 24.3 Å². The molecule has 0 aromatic rings. The van der Waals surface area contributed by atoms with Gasteiger partial charge in [0.1, 0.15) is 0 Å². The molecule has 134 valence electrons. The summed E-state index contributed by atoms with van der Waals surface area (Å²) in [7, 11) is 0. The smallest absolute Gasteiger partial charge is 0.333 e. The Bertz CT molecular complexity index is 464. The van der Waals surface area contributed by atoms with Crippen LogP contribution in [0.25, 0.3) is 0 Å². The summed E-state index contributed by atoms with van der Waals surface area (Å²) in [6.45, 7) is 11.6. The van der Waals surface area contributed by atoms with Crippen LogP contribution in [0.3, 0.4) is 0 Å². The monoisotopic (exact) mass is 334 g/mol. The van der Waals surface area contributed by atoms with Crippen LogP contribution in [-0.2, 0) is 19.1 Å². The van der Waals surface area contributed by atoms with E-state index in [2.05, 4.69) is 13.2 Å². The van der Waals surface area contributed by atoms with Gasteiger partial charge in [-0.15, -0.1) is 0 Å². The van der Waals surface area contributed by atoms with Crippen molar-refractivity contribution in [3.8, 4) is 0 Å². The fourth-order valence-corrected chi connectivity index (χ4v) is 4.02. The molecule has 4 heteroatoms. The Kier molecular flexibility index (Phi) is 6.64. The van der Waals surface area contributed by atoms with Crippen molar-refractivity contribution in [2.24, 2.45) is 23.7 Å². The van der Waals surface area contributed by atoms with Crippen molar-refractivity contribution in [2.75, 3.05) is 13.2 Å². The van der Waals surface area contributed by atoms with Crippen LogP contribution >= 0.6 is 0 Å². The van der Waals surface area contributed by atoms with Gasteiger partial charge in [-0.1, -0.05) is 13.2 Å². The zero-order valence-corrected chi connectivity index (χ0v) is 15.0. The van der Waals surface area contributed by atoms with Gasteiger partial charge in [-0.05, 0) is 76.0 Å². The van der Waals surface area contributed by atoms with Gasteiger partial charge in [-0.3, -0.25) is 0 Å². The average molecular weight is 334 g/mol. The van der Waals surface area contributed by atoms with Crippen molar-refractivity contribution in [2.45, 2.75) is 52.4 Å². The van der Waals surface area contributed by atoms with Crippen molar-refractivity contribution in [3.63, 3.8) is 0 Å². The summed E-state index contributed by atoms with van der Waals surface area (Å²) in [4.78, 5) is 23.1. The maximum Gasteiger partial charge on any atom is 0.333 e. The number of carbonyl (C=O) groups is 2. The summed E-state index contributed by atoms with van der Waals surface area (Å²) in [5.41, 5.74) is 0.918. The fourth-order valence-electron chi connectivity index (χ4n) is 4.02. The minimum absolute atomic E-state index is 0.287. The molecule has 2 aliphatic carbocycles. The third-order valence-electron chi connectivity index (χ3n) is 5.43. The molecule has 2 saturated carbocycles. The molecular formula is C20H30O4. The molecule has 2 atom stereocenters. The summed E-state index contributed by atoms with van der Waals surface area (Å²) >= 11 is 0. The van der Waals surface area contributed by atoms with Crippen LogP contribution in [0.4, 0.5) is 0 Å². The van der Waals surface area contributed by atoms with Gasteiger partial charge in [0.05, 0.1) is 13.2 Å². The van der Waals surface area contributed by atoms with Gasteiger partial charge in [-0.2, -0.15) is 0 Å². The van der Waals surface area contributed by atoms with Crippen LogP contribution in [0, 0.1) is 23.7 Å². The molecule has 2 unspecified atom stereocenters. The highest BCUT2D eigenvalue weighted by atomic mass is 16.5. The van der Waals surface area contributed by atoms with E-state index in [-0.39, 0.29) is 11.9 Å². The number of hydrogen-bond donors (Lipinski definition) is 0. The third kappa shape index (κ3) is 5.22. The predicted molar refractivity (Wildman–Crippen MR) is 93.2 cm³/mol. The van der Waals surface area contributed by atoms with Crippen molar-refractivity contribution in [1.29, 1.82) is 0 Å². The average Bonchev–Trinajstić information content (AvgIpc) is 2.56. The van der Waals surface area contributed by atoms with E-state index in [9.17, 15) is 9.59 Å². The highest BCUT2D eigenvalue weighted by molar-refractivity contribution is 5.87. The Labute approximate surface area is 145 Å². The molecule has 2 fully saturated rings. The molecule has 0 aliphatic heterocycles. The first kappa shape index (κ1) is 18.8. The van der Waals surface area contributed by atoms with Gasteiger partial charge in [0, 0.05) is 11.1 Å². The Morgan fingerprint density at radius 3 is 1.58 bits per heavy atom. The molecule has 2 rings (SSSR count). The van der Waals surface area contributed by atoms with Gasteiger partial charge in [0.2, 0.25) is 0 Å². The molecule has 0 aromatic carbocycles. The normalized spacial score (nSPS) is 29.2. The number of carbonyl (C=O) groups excluding carboxylic acids is 2. The molecule has 2 aliphatic rings. The second-order valence-corrected chi connectivity index (χ2v) is 7.64. The lowest BCUT2D eigenvalue weighted by Crippen LogP contribution is -2.34. The summed E-state index contributed by atoms with van der Waals surface area (Å²) in [5.74, 6) is 1.77. The van der Waals surface area contributed by atoms with Crippen LogP contribution in [0.1, 0.15) is 52.4 Å². The molecule has 0 spiro atoms. The summed E-state index contributed by atoms with van der Waals surface area (Å²) in [6.07, 6.45) is 6.94. The molecule has 0 N–H and O–H groups in total. The summed E-state index contributed by atoms with van der Waals surface area (Å²) in [5, 5.41) is 0. The molecule has 0 aromatic heterocycles. The summed E-state index contributed by atoms with van der Waals surface area (Å²) in [6, 6.07) is 0. The highest BCUT2D eigenvalue weighted by Gasteiger charge is 2.36. The standard InChI is InChI=1S/C20H30O4/c1-13(2)19(21)23-11-15-5-7-17-8-6-16(10-18(17)9-15)12-24-20(22)14(3)4/h15-18H,1,3,5-12H2,2,4H3. The third-order valence-corrected chi connectivity index (χ3v) is 5.43. The number of ether oxygens (including phenoxy) is 2. The van der Waals surface area contributed by atoms with Crippen LogP contribution in [0.2, 0.25) is 0 Å². The minimum atomic E-state index is -0.287. The zero-order chi connectivity index (χ0) is 17.7. The Morgan fingerprint density at radius 2 is 1.21 bits per heavy atom. The first-order valence-electron chi connectivity index (χ1n) is 9.02. The minimum Gasteiger partial charge on any atom is -0.462 e. The highest BCUT2D eigenvalue weighted by Crippen LogP contribution is 2.44. The number of rotatable bonds is 6. The van der Waals surface area contributed by atoms with Gasteiger partial charge in [0.25, 0.3) is 0 Å². The maximum absolute atomic E-state index is 11.5. The molecule has 4 nitrogen and oxygen atoms in total. The lowest BCUT2D eigenvalue weighted by Gasteiger charge is -2.41. The molecular weight excluding hydrogens is 304 g/mol. The molecule has 0 saturated heterocycles. The SMILES string of the molecule is C=C(C)C(=O)OCC1CCC2CCC(COC(=O)C(=C)C)CC2C1. The van der Waals surface area contributed by atoms with E-state index in [1.54, 1.807) is 13.8 Å². The van der Waals surface area contributed by atoms with Crippen LogP contribution < -0.4 is 0 Å². The largest absolute Gasteiger partial charge is 0.462 e. The first-order valence-corrected chi connectivity index (χ1v) is 9.02. The quantitative estimate of drug-likeness (QED) is 0.543. The second-order valence-electron chi connectivity index (χ2n) is 7.64. The van der Waals surface area contributed by atoms with E-state index >= 15 is 0 Å². The number of fused-ring (bicyclic) bond motifs is 1. The van der Waals surface area contributed by atoms with E-state index in [0.717, 1.165) is 31.6 Å². The van der Waals surface area contributed by atoms with Gasteiger partial charge >= 0.3 is 11.9 Å². The number of esters is 2. The van der Waals surface area contributed by atoms with E-state index in [0.29, 0.717) is 42.1 Å². The van der Waals surface area contributed by atoms with Crippen molar-refractivity contribution >= 4 is 11.9 Å². The maximum atomic E-state index is 11.5. The lowest BCUT2D eigenvalue weighted by atomic mass is 9.65. The molecule has 0 amide bonds. The predicted octanol–water partition coefficient (Wildman–Crippen LogP) is 4.06. The molecule has 0 bridgehead atoms. The Balaban J connectivity index is 1.78. The molecule has 0 radical (unpaired) electrons. The lowest BCUT2D eigenvalue weighted by molar-refractivity contribution is -0.141. The van der Waals surface area contributed by atoms with Gasteiger partial charge in [-0.25, -0.2) is 9.59 Å². The Hall–Kier alpha value is -1.58. The number of hydrogen-bond acceptors (Lipinski definition) is 4. The second kappa shape index (κ2) is 8.50. The molecule has 0 heterocycles. The van der Waals surface area contributed by atoms with Gasteiger partial charge in [0.15, 0.2) is 0 Å². The van der Waals surface area contributed by atoms with E-state index in [1.165, 1.54) is 12.8 Å². The van der Waals surface area contributed by atoms with Gasteiger partial charge < -0.3 is 9.47 Å².